The largest absolute Gasteiger partial charge is 0.383 e. The molecule has 4 heterocycles. The van der Waals surface area contributed by atoms with Gasteiger partial charge < -0.3 is 26.2 Å². The number of carbonyl (C=O) groups is 5. The van der Waals surface area contributed by atoms with Crippen LogP contribution in [0.1, 0.15) is 107 Å². The van der Waals surface area contributed by atoms with Crippen LogP contribution in [0.2, 0.25) is 10.0 Å². The average molecular weight is 856 g/mol. The maximum Gasteiger partial charge on any atom is 0.255 e. The second-order valence-corrected chi connectivity index (χ2v) is 17.9. The van der Waals surface area contributed by atoms with Gasteiger partial charge in [-0.15, -0.1) is 0 Å². The van der Waals surface area contributed by atoms with Gasteiger partial charge in [0.05, 0.1) is 5.02 Å². The Labute approximate surface area is 363 Å². The van der Waals surface area contributed by atoms with Gasteiger partial charge in [-0.25, -0.2) is 0 Å². The standard InChI is InChI=1S/C48H44Cl2N6O5/c49-35-10-7-9-31-41(35)33-23-34-37(24-36(33)50)53-46(61)48(34)42(31)38(55-47(48)19-4-2-5-20-47)25-52-30-15-13-28(14-16-30)43(58)51-21-6-1-3-8-27-11-12-29-26-56(45(60)32(29)22-27)39-17-18-40(57)54-44(39)59/h7,9-16,22-24,38-39,42,52,55H,1-2,4-6,17-21,25-26H2,(H,51,58)(H,53,61)(H,54,57,59)/t38?,39?,42-,48+/m0/s1. The molecule has 4 aromatic rings. The van der Waals surface area contributed by atoms with Crippen molar-refractivity contribution < 1.29 is 24.0 Å². The van der Waals surface area contributed by atoms with E-state index in [1.54, 1.807) is 6.07 Å². The maximum absolute atomic E-state index is 14.6. The quantitative estimate of drug-likeness (QED) is 0.0725. The second kappa shape index (κ2) is 15.4. The molecule has 1 saturated carbocycles. The molecule has 0 radical (unpaired) electrons. The molecule has 6 aliphatic rings. The van der Waals surface area contributed by atoms with Crippen molar-refractivity contribution in [2.24, 2.45) is 0 Å². The molecule has 2 aliphatic carbocycles. The highest BCUT2D eigenvalue weighted by Crippen LogP contribution is 2.65. The minimum absolute atomic E-state index is 0.0196. The van der Waals surface area contributed by atoms with E-state index in [9.17, 15) is 24.0 Å². The van der Waals surface area contributed by atoms with Gasteiger partial charge in [-0.3, -0.25) is 29.3 Å². The lowest BCUT2D eigenvalue weighted by Crippen LogP contribution is -2.60. The summed E-state index contributed by atoms with van der Waals surface area (Å²) in [6.45, 7) is 1.32. The number of unbranched alkanes of at least 4 members (excludes halogenated alkanes) is 1. The third kappa shape index (κ3) is 6.41. The van der Waals surface area contributed by atoms with E-state index < -0.39 is 22.9 Å². The molecule has 4 atom stereocenters. The predicted molar refractivity (Wildman–Crippen MR) is 234 cm³/mol. The molecular formula is C48H44Cl2N6O5. The Morgan fingerprint density at radius 1 is 0.902 bits per heavy atom. The Bertz CT molecular complexity index is 2610. The van der Waals surface area contributed by atoms with Crippen LogP contribution in [0.3, 0.4) is 0 Å². The zero-order valence-corrected chi connectivity index (χ0v) is 34.9. The normalized spacial score (nSPS) is 23.9. The number of fused-ring (bicyclic) bond motifs is 5. The number of hydrogen-bond acceptors (Lipinski definition) is 7. The van der Waals surface area contributed by atoms with Gasteiger partial charge in [0, 0.05) is 94.2 Å². The van der Waals surface area contributed by atoms with Gasteiger partial charge in [-0.2, -0.15) is 0 Å². The van der Waals surface area contributed by atoms with Crippen molar-refractivity contribution in [2.75, 3.05) is 23.7 Å². The summed E-state index contributed by atoms with van der Waals surface area (Å²) in [6.07, 6.45) is 6.73. The second-order valence-electron chi connectivity index (χ2n) is 17.1. The van der Waals surface area contributed by atoms with Crippen LogP contribution >= 0.6 is 23.2 Å². The summed E-state index contributed by atoms with van der Waals surface area (Å²) in [7, 11) is 0. The summed E-state index contributed by atoms with van der Waals surface area (Å²) in [6, 6.07) is 22.1. The lowest BCUT2D eigenvalue weighted by Gasteiger charge is -2.46. The number of imide groups is 1. The molecule has 4 aromatic carbocycles. The van der Waals surface area contributed by atoms with Crippen LogP contribution in [-0.4, -0.2) is 65.1 Å². The summed E-state index contributed by atoms with van der Waals surface area (Å²) in [5.74, 6) is 4.91. The molecule has 5 amide bonds. The lowest BCUT2D eigenvalue weighted by molar-refractivity contribution is -0.137. The number of piperidine rings is 1. The molecule has 2 bridgehead atoms. The molecule has 2 saturated heterocycles. The molecule has 2 unspecified atom stereocenters. The number of amides is 5. The molecule has 0 aromatic heterocycles. The summed E-state index contributed by atoms with van der Waals surface area (Å²) in [5.41, 5.74) is 6.77. The average Bonchev–Trinajstić information content (AvgIpc) is 3.80. The molecule has 4 aliphatic heterocycles. The molecule has 2 spiro atoms. The van der Waals surface area contributed by atoms with Crippen LogP contribution in [0.5, 0.6) is 0 Å². The zero-order valence-electron chi connectivity index (χ0n) is 33.4. The van der Waals surface area contributed by atoms with Gasteiger partial charge >= 0.3 is 0 Å². The SMILES string of the molecule is O=C1CCC(N2Cc3ccc(C#CCCCNC(=O)c4ccc(NCC5NC6(CCCCC6)[C@]67C(=O)Nc8cc(Cl)c(cc86)-c6c(Cl)cccc6[C@@H]57)cc4)cc3C2=O)C(=O)N1. The van der Waals surface area contributed by atoms with Crippen LogP contribution in [0.15, 0.2) is 72.8 Å². The first-order valence-electron chi connectivity index (χ1n) is 21.2. The van der Waals surface area contributed by atoms with Gasteiger partial charge in [0.15, 0.2) is 0 Å². The molecule has 310 valence electrons. The Hall–Kier alpha value is -5.67. The van der Waals surface area contributed by atoms with E-state index in [0.29, 0.717) is 65.6 Å². The monoisotopic (exact) mass is 854 g/mol. The van der Waals surface area contributed by atoms with Crippen LogP contribution in [0.4, 0.5) is 11.4 Å². The van der Waals surface area contributed by atoms with E-state index in [0.717, 1.165) is 71.3 Å². The van der Waals surface area contributed by atoms with Gasteiger partial charge in [-0.05, 0) is 97.0 Å². The minimum Gasteiger partial charge on any atom is -0.383 e. The summed E-state index contributed by atoms with van der Waals surface area (Å²) >= 11 is 13.9. The molecule has 3 fully saturated rings. The smallest absolute Gasteiger partial charge is 0.255 e. The summed E-state index contributed by atoms with van der Waals surface area (Å²) in [5, 5.41) is 17.5. The Balaban J connectivity index is 0.773. The van der Waals surface area contributed by atoms with E-state index in [1.165, 1.54) is 4.90 Å². The number of nitrogens with zero attached hydrogens (tertiary/aromatic N) is 1. The van der Waals surface area contributed by atoms with Crippen molar-refractivity contribution in [3.8, 4) is 23.0 Å². The van der Waals surface area contributed by atoms with E-state index >= 15 is 0 Å². The van der Waals surface area contributed by atoms with Crippen molar-refractivity contribution in [2.45, 2.75) is 93.3 Å². The van der Waals surface area contributed by atoms with Gasteiger partial charge in [0.2, 0.25) is 17.7 Å². The van der Waals surface area contributed by atoms with Crippen LogP contribution < -0.4 is 26.6 Å². The van der Waals surface area contributed by atoms with Crippen molar-refractivity contribution >= 4 is 64.1 Å². The molecule has 5 N–H and O–H groups in total. The maximum atomic E-state index is 14.6. The first kappa shape index (κ1) is 39.5. The van der Waals surface area contributed by atoms with Crippen molar-refractivity contribution in [1.82, 2.24) is 20.9 Å². The minimum atomic E-state index is -0.830. The van der Waals surface area contributed by atoms with Gasteiger partial charge in [0.1, 0.15) is 11.5 Å². The molecule has 61 heavy (non-hydrogen) atoms. The third-order valence-corrected chi connectivity index (χ3v) is 14.4. The third-order valence-electron chi connectivity index (χ3n) is 13.8. The summed E-state index contributed by atoms with van der Waals surface area (Å²) < 4.78 is 0. The van der Waals surface area contributed by atoms with Crippen molar-refractivity contribution in [1.29, 1.82) is 0 Å². The Morgan fingerprint density at radius 3 is 2.52 bits per heavy atom. The van der Waals surface area contributed by atoms with Crippen LogP contribution in [-0.2, 0) is 26.3 Å². The van der Waals surface area contributed by atoms with E-state index in [1.807, 2.05) is 54.6 Å². The van der Waals surface area contributed by atoms with Crippen molar-refractivity contribution in [3.05, 3.63) is 116 Å². The van der Waals surface area contributed by atoms with Gasteiger partial charge in [0.25, 0.3) is 11.8 Å². The highest BCUT2D eigenvalue weighted by Gasteiger charge is 2.71. The molecule has 11 nitrogen and oxygen atoms in total. The van der Waals surface area contributed by atoms with Crippen LogP contribution in [0, 0.1) is 11.8 Å². The first-order chi connectivity index (χ1) is 29.6. The topological polar surface area (TPSA) is 149 Å². The van der Waals surface area contributed by atoms with E-state index in [4.69, 9.17) is 23.2 Å². The number of halogens is 2. The van der Waals surface area contributed by atoms with Crippen LogP contribution in [0.25, 0.3) is 11.1 Å². The fourth-order valence-corrected chi connectivity index (χ4v) is 11.7. The van der Waals surface area contributed by atoms with Gasteiger partial charge in [-0.1, -0.05) is 72.5 Å². The number of carbonyl (C=O) groups excluding carboxylic acids is 5. The Morgan fingerprint density at radius 2 is 1.72 bits per heavy atom. The predicted octanol–water partition coefficient (Wildman–Crippen LogP) is 7.06. The zero-order chi connectivity index (χ0) is 42.0. The number of anilines is 2. The van der Waals surface area contributed by atoms with E-state index in [2.05, 4.69) is 50.6 Å². The lowest BCUT2D eigenvalue weighted by atomic mass is 9.56. The molecule has 10 rings (SSSR count). The first-order valence-corrected chi connectivity index (χ1v) is 21.9. The number of rotatable bonds is 8. The fourth-order valence-electron chi connectivity index (χ4n) is 11.1. The fraction of sp³-hybridized carbons (Fsp3) is 0.354. The number of hydrogen-bond donors (Lipinski definition) is 5. The highest BCUT2D eigenvalue weighted by atomic mass is 35.5. The summed E-state index contributed by atoms with van der Waals surface area (Å²) in [4.78, 5) is 66.3. The number of nitrogens with one attached hydrogen (secondary N) is 5. The molecular weight excluding hydrogens is 811 g/mol. The highest BCUT2D eigenvalue weighted by molar-refractivity contribution is 6.37. The Kier molecular flexibility index (Phi) is 9.93. The van der Waals surface area contributed by atoms with E-state index in [-0.39, 0.29) is 42.0 Å². The molecule has 13 heteroatoms. The number of benzene rings is 4. The van der Waals surface area contributed by atoms with Crippen molar-refractivity contribution in [3.63, 3.8) is 0 Å².